The minimum atomic E-state index is -4.08. The van der Waals surface area contributed by atoms with Crippen molar-refractivity contribution in [3.63, 3.8) is 0 Å². The van der Waals surface area contributed by atoms with E-state index in [-0.39, 0.29) is 17.1 Å². The third kappa shape index (κ3) is 3.31. The summed E-state index contributed by atoms with van der Waals surface area (Å²) in [6.07, 6.45) is 2.76. The molecule has 0 aliphatic rings. The zero-order chi connectivity index (χ0) is 19.7. The molecular formula is C19H14F2N4O2S. The van der Waals surface area contributed by atoms with E-state index in [2.05, 4.69) is 10.2 Å². The molecule has 0 N–H and O–H groups in total. The van der Waals surface area contributed by atoms with E-state index in [1.54, 1.807) is 30.3 Å². The Morgan fingerprint density at radius 2 is 1.75 bits per heavy atom. The lowest BCUT2D eigenvalue weighted by Gasteiger charge is -2.25. The van der Waals surface area contributed by atoms with Crippen molar-refractivity contribution in [2.75, 3.05) is 4.31 Å². The lowest BCUT2D eigenvalue weighted by molar-refractivity contribution is 0.508. The maximum Gasteiger partial charge on any atom is 0.266 e. The number of anilines is 1. The average Bonchev–Trinajstić information content (AvgIpc) is 3.17. The topological polar surface area (TPSA) is 67.6 Å². The molecule has 142 valence electrons. The van der Waals surface area contributed by atoms with Gasteiger partial charge in [-0.1, -0.05) is 30.3 Å². The first-order valence-corrected chi connectivity index (χ1v) is 9.70. The van der Waals surface area contributed by atoms with Crippen LogP contribution in [0.25, 0.3) is 5.65 Å². The van der Waals surface area contributed by atoms with Gasteiger partial charge in [0, 0.05) is 12.3 Å². The first-order valence-electron chi connectivity index (χ1n) is 8.26. The fourth-order valence-electron chi connectivity index (χ4n) is 2.79. The van der Waals surface area contributed by atoms with Crippen LogP contribution in [0.1, 0.15) is 5.56 Å². The van der Waals surface area contributed by atoms with Crippen molar-refractivity contribution in [3.8, 4) is 0 Å². The molecule has 4 aromatic rings. The van der Waals surface area contributed by atoms with Crippen LogP contribution in [0.5, 0.6) is 0 Å². The molecule has 0 saturated heterocycles. The number of rotatable bonds is 5. The van der Waals surface area contributed by atoms with Gasteiger partial charge in [-0.2, -0.15) is 0 Å². The number of sulfonamides is 1. The van der Waals surface area contributed by atoms with Crippen LogP contribution in [0.4, 0.5) is 14.5 Å². The van der Waals surface area contributed by atoms with Crippen molar-refractivity contribution in [2.45, 2.75) is 11.4 Å². The Hall–Kier alpha value is -3.33. The SMILES string of the molecule is O=S(=O)(c1ccc2nncn2c1)N(Cc1ccccc1)c1ccc(F)c(F)c1. The number of nitrogens with zero attached hydrogens (tertiary/aromatic N) is 4. The normalized spacial score (nSPS) is 11.6. The highest BCUT2D eigenvalue weighted by Crippen LogP contribution is 2.27. The number of hydrogen-bond acceptors (Lipinski definition) is 4. The van der Waals surface area contributed by atoms with E-state index in [0.29, 0.717) is 11.2 Å². The molecule has 0 aliphatic carbocycles. The van der Waals surface area contributed by atoms with Gasteiger partial charge < -0.3 is 0 Å². The molecule has 2 aromatic carbocycles. The number of aromatic nitrogens is 3. The second-order valence-corrected chi connectivity index (χ2v) is 7.92. The van der Waals surface area contributed by atoms with Crippen LogP contribution in [0.15, 0.2) is 78.1 Å². The van der Waals surface area contributed by atoms with E-state index < -0.39 is 21.7 Å². The summed E-state index contributed by atoms with van der Waals surface area (Å²) in [5.74, 6) is -2.17. The van der Waals surface area contributed by atoms with Crippen LogP contribution in [0.2, 0.25) is 0 Å². The highest BCUT2D eigenvalue weighted by atomic mass is 32.2. The summed E-state index contributed by atoms with van der Waals surface area (Å²) in [6, 6.07) is 14.8. The summed E-state index contributed by atoms with van der Waals surface area (Å²) >= 11 is 0. The molecule has 2 aromatic heterocycles. The van der Waals surface area contributed by atoms with Crippen molar-refractivity contribution in [3.05, 3.63) is 90.4 Å². The van der Waals surface area contributed by atoms with E-state index in [1.165, 1.54) is 35.1 Å². The number of hydrogen-bond donors (Lipinski definition) is 0. The average molecular weight is 400 g/mol. The van der Waals surface area contributed by atoms with Gasteiger partial charge in [0.2, 0.25) is 0 Å². The molecule has 2 heterocycles. The second kappa shape index (κ2) is 7.01. The zero-order valence-corrected chi connectivity index (χ0v) is 15.2. The smallest absolute Gasteiger partial charge is 0.266 e. The number of pyridine rings is 1. The summed E-state index contributed by atoms with van der Waals surface area (Å²) < 4.78 is 56.4. The van der Waals surface area contributed by atoms with E-state index >= 15 is 0 Å². The highest BCUT2D eigenvalue weighted by molar-refractivity contribution is 7.92. The van der Waals surface area contributed by atoms with Crippen LogP contribution in [0, 0.1) is 11.6 Å². The molecule has 0 amide bonds. The van der Waals surface area contributed by atoms with Crippen molar-refractivity contribution < 1.29 is 17.2 Å². The van der Waals surface area contributed by atoms with E-state index in [0.717, 1.165) is 16.4 Å². The summed E-state index contributed by atoms with van der Waals surface area (Å²) in [7, 11) is -4.08. The summed E-state index contributed by atoms with van der Waals surface area (Å²) in [5, 5.41) is 7.58. The molecule has 6 nitrogen and oxygen atoms in total. The molecule has 0 radical (unpaired) electrons. The van der Waals surface area contributed by atoms with Gasteiger partial charge in [0.25, 0.3) is 10.0 Å². The van der Waals surface area contributed by atoms with Crippen LogP contribution in [0.3, 0.4) is 0 Å². The maximum atomic E-state index is 13.8. The second-order valence-electron chi connectivity index (χ2n) is 6.06. The number of benzene rings is 2. The predicted molar refractivity (Wildman–Crippen MR) is 99.2 cm³/mol. The van der Waals surface area contributed by atoms with Crippen molar-refractivity contribution in [1.82, 2.24) is 14.6 Å². The molecule has 0 atom stereocenters. The maximum absolute atomic E-state index is 13.8. The molecule has 9 heteroatoms. The van der Waals surface area contributed by atoms with Gasteiger partial charge in [-0.15, -0.1) is 10.2 Å². The first kappa shape index (κ1) is 18.1. The molecule has 4 rings (SSSR count). The molecule has 0 fully saturated rings. The standard InChI is InChI=1S/C19H14F2N4O2S/c20-17-8-6-15(10-18(17)21)25(11-14-4-2-1-3-5-14)28(26,27)16-7-9-19-23-22-13-24(19)12-16/h1-10,12-13H,11H2. The Labute approximate surface area is 159 Å². The molecule has 0 spiro atoms. The van der Waals surface area contributed by atoms with Gasteiger partial charge in [0.1, 0.15) is 11.2 Å². The van der Waals surface area contributed by atoms with Crippen molar-refractivity contribution in [2.24, 2.45) is 0 Å². The largest absolute Gasteiger partial charge is 0.288 e. The van der Waals surface area contributed by atoms with Crippen LogP contribution >= 0.6 is 0 Å². The van der Waals surface area contributed by atoms with Gasteiger partial charge in [0.05, 0.1) is 12.2 Å². The van der Waals surface area contributed by atoms with Gasteiger partial charge in [-0.25, -0.2) is 17.2 Å². The third-order valence-corrected chi connectivity index (χ3v) is 5.97. The third-order valence-electron chi connectivity index (χ3n) is 4.21. The Balaban J connectivity index is 1.83. The lowest BCUT2D eigenvalue weighted by Crippen LogP contribution is -2.31. The Morgan fingerprint density at radius 1 is 0.964 bits per heavy atom. The quantitative estimate of drug-likeness (QED) is 0.515. The minimum Gasteiger partial charge on any atom is -0.288 e. The Kier molecular flexibility index (Phi) is 4.52. The summed E-state index contributed by atoms with van der Waals surface area (Å²) in [6.45, 7) is -0.0472. The lowest BCUT2D eigenvalue weighted by atomic mass is 10.2. The fraction of sp³-hybridized carbons (Fsp3) is 0.0526. The molecular weight excluding hydrogens is 386 g/mol. The predicted octanol–water partition coefficient (Wildman–Crippen LogP) is 3.40. The van der Waals surface area contributed by atoms with Gasteiger partial charge in [0.15, 0.2) is 17.3 Å². The molecule has 0 aliphatic heterocycles. The molecule has 0 unspecified atom stereocenters. The van der Waals surface area contributed by atoms with E-state index in [4.69, 9.17) is 0 Å². The monoisotopic (exact) mass is 400 g/mol. The fourth-order valence-corrected chi connectivity index (χ4v) is 4.24. The highest BCUT2D eigenvalue weighted by Gasteiger charge is 2.26. The van der Waals surface area contributed by atoms with Crippen molar-refractivity contribution >= 4 is 21.4 Å². The van der Waals surface area contributed by atoms with Crippen LogP contribution < -0.4 is 4.31 Å². The Morgan fingerprint density at radius 3 is 2.50 bits per heavy atom. The van der Waals surface area contributed by atoms with Crippen molar-refractivity contribution in [1.29, 1.82) is 0 Å². The summed E-state index contributed by atoms with van der Waals surface area (Å²) in [5.41, 5.74) is 1.20. The molecule has 0 saturated carbocycles. The number of fused-ring (bicyclic) bond motifs is 1. The number of halogens is 2. The van der Waals surface area contributed by atoms with E-state index in [9.17, 15) is 17.2 Å². The molecule has 0 bridgehead atoms. The van der Waals surface area contributed by atoms with Gasteiger partial charge in [-0.05, 0) is 29.8 Å². The summed E-state index contributed by atoms with van der Waals surface area (Å²) in [4.78, 5) is -0.0273. The first-order chi connectivity index (χ1) is 13.4. The zero-order valence-electron chi connectivity index (χ0n) is 14.4. The van der Waals surface area contributed by atoms with Crippen LogP contribution in [-0.2, 0) is 16.6 Å². The minimum absolute atomic E-state index is 0.0200. The van der Waals surface area contributed by atoms with E-state index in [1.807, 2.05) is 0 Å². The van der Waals surface area contributed by atoms with Gasteiger partial charge in [-0.3, -0.25) is 8.71 Å². The Bertz CT molecular complexity index is 1240. The van der Waals surface area contributed by atoms with Gasteiger partial charge >= 0.3 is 0 Å². The molecule has 28 heavy (non-hydrogen) atoms. The van der Waals surface area contributed by atoms with Crippen LogP contribution in [-0.4, -0.2) is 23.0 Å².